The van der Waals surface area contributed by atoms with E-state index < -0.39 is 0 Å². The van der Waals surface area contributed by atoms with Gasteiger partial charge in [0.2, 0.25) is 0 Å². The number of fused-ring (bicyclic) bond motifs is 1. The highest BCUT2D eigenvalue weighted by Gasteiger charge is 2.24. The van der Waals surface area contributed by atoms with Gasteiger partial charge in [0.1, 0.15) is 24.2 Å². The molecule has 1 heterocycles. The molecule has 1 atom stereocenters. The van der Waals surface area contributed by atoms with E-state index in [9.17, 15) is 0 Å². The third-order valence-electron chi connectivity index (χ3n) is 3.64. The van der Waals surface area contributed by atoms with E-state index in [4.69, 9.17) is 15.2 Å². The van der Waals surface area contributed by atoms with Crippen LogP contribution in [0.4, 0.5) is 0 Å². The Kier molecular flexibility index (Phi) is 4.17. The lowest BCUT2D eigenvalue weighted by atomic mass is 10.1. The van der Waals surface area contributed by atoms with Crippen LogP contribution in [0.1, 0.15) is 16.7 Å². The molecule has 0 aromatic heterocycles. The molecule has 1 unspecified atom stereocenters. The molecule has 3 rings (SSSR count). The largest absolute Gasteiger partial charge is 0.488 e. The molecule has 0 amide bonds. The van der Waals surface area contributed by atoms with Gasteiger partial charge in [-0.05, 0) is 40.5 Å². The molecule has 0 bridgehead atoms. The van der Waals surface area contributed by atoms with Gasteiger partial charge in [-0.3, -0.25) is 0 Å². The Labute approximate surface area is 133 Å². The van der Waals surface area contributed by atoms with Crippen molar-refractivity contribution in [2.24, 2.45) is 5.73 Å². The van der Waals surface area contributed by atoms with E-state index in [0.29, 0.717) is 13.2 Å². The Hall–Kier alpha value is -1.52. The molecule has 0 aliphatic carbocycles. The van der Waals surface area contributed by atoms with E-state index in [1.807, 2.05) is 24.3 Å². The van der Waals surface area contributed by atoms with Gasteiger partial charge >= 0.3 is 0 Å². The average molecular weight is 348 g/mol. The average Bonchev–Trinajstić information content (AvgIpc) is 2.87. The van der Waals surface area contributed by atoms with Crippen molar-refractivity contribution in [3.63, 3.8) is 0 Å². The zero-order valence-corrected chi connectivity index (χ0v) is 13.5. The first kappa shape index (κ1) is 14.4. The molecular formula is C17H18BrNO2. The van der Waals surface area contributed by atoms with Crippen molar-refractivity contribution in [3.05, 3.63) is 57.6 Å². The molecule has 1 aliphatic rings. The van der Waals surface area contributed by atoms with E-state index in [1.54, 1.807) is 0 Å². The Morgan fingerprint density at radius 1 is 1.33 bits per heavy atom. The predicted molar refractivity (Wildman–Crippen MR) is 86.8 cm³/mol. The van der Waals surface area contributed by atoms with Gasteiger partial charge in [-0.2, -0.15) is 0 Å². The third-order valence-corrected chi connectivity index (χ3v) is 4.26. The minimum absolute atomic E-state index is 0.0551. The summed E-state index contributed by atoms with van der Waals surface area (Å²) >= 11 is 3.51. The second-order valence-corrected chi connectivity index (χ2v) is 6.15. The molecule has 110 valence electrons. The number of aryl methyl sites for hydroxylation is 1. The van der Waals surface area contributed by atoms with E-state index in [0.717, 1.165) is 28.0 Å². The first-order valence-electron chi connectivity index (χ1n) is 7.04. The first-order valence-corrected chi connectivity index (χ1v) is 7.83. The quantitative estimate of drug-likeness (QED) is 0.918. The summed E-state index contributed by atoms with van der Waals surface area (Å²) in [5.74, 6) is 1.79. The number of hydrogen-bond acceptors (Lipinski definition) is 3. The fraction of sp³-hybridized carbons (Fsp3) is 0.294. The zero-order chi connectivity index (χ0) is 14.8. The normalized spacial score (nSPS) is 16.4. The maximum absolute atomic E-state index is 5.95. The molecule has 2 aromatic carbocycles. The number of hydrogen-bond donors (Lipinski definition) is 1. The minimum atomic E-state index is 0.0551. The minimum Gasteiger partial charge on any atom is -0.488 e. The van der Waals surface area contributed by atoms with Crippen LogP contribution in [0, 0.1) is 6.92 Å². The van der Waals surface area contributed by atoms with Gasteiger partial charge in [-0.15, -0.1) is 0 Å². The van der Waals surface area contributed by atoms with Crippen molar-refractivity contribution >= 4 is 15.9 Å². The van der Waals surface area contributed by atoms with Gasteiger partial charge in [0, 0.05) is 18.5 Å². The SMILES string of the molecule is Cc1ccc2c(c1)CC(COc1c(Br)cccc1CN)O2. The van der Waals surface area contributed by atoms with Crippen LogP contribution < -0.4 is 15.2 Å². The summed E-state index contributed by atoms with van der Waals surface area (Å²) in [5, 5.41) is 0. The van der Waals surface area contributed by atoms with Crippen molar-refractivity contribution in [2.75, 3.05) is 6.61 Å². The lowest BCUT2D eigenvalue weighted by Crippen LogP contribution is -2.23. The number of ether oxygens (including phenoxy) is 2. The van der Waals surface area contributed by atoms with Crippen LogP contribution in [-0.4, -0.2) is 12.7 Å². The molecule has 0 radical (unpaired) electrons. The molecule has 2 N–H and O–H groups in total. The second-order valence-electron chi connectivity index (χ2n) is 5.30. The Morgan fingerprint density at radius 3 is 3.00 bits per heavy atom. The number of halogens is 1. The van der Waals surface area contributed by atoms with Crippen LogP contribution >= 0.6 is 15.9 Å². The molecule has 2 aromatic rings. The number of nitrogens with two attached hydrogens (primary N) is 1. The van der Waals surface area contributed by atoms with E-state index in [-0.39, 0.29) is 6.10 Å². The Balaban J connectivity index is 1.68. The van der Waals surface area contributed by atoms with Gasteiger partial charge in [0.25, 0.3) is 0 Å². The lowest BCUT2D eigenvalue weighted by Gasteiger charge is -2.15. The number of rotatable bonds is 4. The summed E-state index contributed by atoms with van der Waals surface area (Å²) in [6.45, 7) is 3.07. The maximum atomic E-state index is 5.95. The van der Waals surface area contributed by atoms with Gasteiger partial charge in [-0.1, -0.05) is 29.8 Å². The maximum Gasteiger partial charge on any atom is 0.138 e. The van der Waals surface area contributed by atoms with Crippen LogP contribution in [0.3, 0.4) is 0 Å². The molecule has 3 nitrogen and oxygen atoms in total. The van der Waals surface area contributed by atoms with Gasteiger partial charge in [0.05, 0.1) is 4.47 Å². The molecular weight excluding hydrogens is 330 g/mol. The van der Waals surface area contributed by atoms with E-state index in [2.05, 4.69) is 35.0 Å². The summed E-state index contributed by atoms with van der Waals surface area (Å²) in [4.78, 5) is 0. The molecule has 0 spiro atoms. The van der Waals surface area contributed by atoms with Crippen LogP contribution in [-0.2, 0) is 13.0 Å². The summed E-state index contributed by atoms with van der Waals surface area (Å²) in [5.41, 5.74) is 9.27. The highest BCUT2D eigenvalue weighted by molar-refractivity contribution is 9.10. The van der Waals surface area contributed by atoms with Gasteiger partial charge in [-0.25, -0.2) is 0 Å². The Morgan fingerprint density at radius 2 is 2.19 bits per heavy atom. The fourth-order valence-electron chi connectivity index (χ4n) is 2.59. The molecule has 0 fully saturated rings. The molecule has 0 saturated heterocycles. The van der Waals surface area contributed by atoms with Crippen molar-refractivity contribution in [2.45, 2.75) is 26.0 Å². The molecule has 21 heavy (non-hydrogen) atoms. The zero-order valence-electron chi connectivity index (χ0n) is 11.9. The van der Waals surface area contributed by atoms with Crippen LogP contribution in [0.25, 0.3) is 0 Å². The number of benzene rings is 2. The Bertz CT molecular complexity index is 657. The monoisotopic (exact) mass is 347 g/mol. The molecule has 0 saturated carbocycles. The highest BCUT2D eigenvalue weighted by Crippen LogP contribution is 2.32. The van der Waals surface area contributed by atoms with Crippen molar-refractivity contribution in [1.82, 2.24) is 0 Å². The summed E-state index contributed by atoms with van der Waals surface area (Å²) in [7, 11) is 0. The first-order chi connectivity index (χ1) is 10.2. The molecule has 1 aliphatic heterocycles. The summed E-state index contributed by atoms with van der Waals surface area (Å²) in [6, 6.07) is 12.2. The van der Waals surface area contributed by atoms with Crippen LogP contribution in [0.5, 0.6) is 11.5 Å². The highest BCUT2D eigenvalue weighted by atomic mass is 79.9. The van der Waals surface area contributed by atoms with Gasteiger partial charge < -0.3 is 15.2 Å². The van der Waals surface area contributed by atoms with Gasteiger partial charge in [0.15, 0.2) is 0 Å². The van der Waals surface area contributed by atoms with Crippen LogP contribution in [0.15, 0.2) is 40.9 Å². The van der Waals surface area contributed by atoms with Crippen LogP contribution in [0.2, 0.25) is 0 Å². The topological polar surface area (TPSA) is 44.5 Å². The fourth-order valence-corrected chi connectivity index (χ4v) is 3.12. The van der Waals surface area contributed by atoms with E-state index in [1.165, 1.54) is 11.1 Å². The molecule has 4 heteroatoms. The smallest absolute Gasteiger partial charge is 0.138 e. The predicted octanol–water partition coefficient (Wildman–Crippen LogP) is 3.60. The summed E-state index contributed by atoms with van der Waals surface area (Å²) < 4.78 is 12.8. The standard InChI is InChI=1S/C17H18BrNO2/c1-11-5-6-16-13(7-11)8-14(21-16)10-20-17-12(9-19)3-2-4-15(17)18/h2-7,14H,8-10,19H2,1H3. The third kappa shape index (κ3) is 3.06. The summed E-state index contributed by atoms with van der Waals surface area (Å²) in [6.07, 6.45) is 0.943. The lowest BCUT2D eigenvalue weighted by molar-refractivity contribution is 0.147. The second kappa shape index (κ2) is 6.08. The number of para-hydroxylation sites is 1. The van der Waals surface area contributed by atoms with Crippen molar-refractivity contribution in [3.8, 4) is 11.5 Å². The van der Waals surface area contributed by atoms with Crippen molar-refractivity contribution in [1.29, 1.82) is 0 Å². The van der Waals surface area contributed by atoms with E-state index >= 15 is 0 Å². The van der Waals surface area contributed by atoms with Crippen molar-refractivity contribution < 1.29 is 9.47 Å².